The minimum absolute atomic E-state index is 0.484. The molecule has 0 radical (unpaired) electrons. The summed E-state index contributed by atoms with van der Waals surface area (Å²) in [5, 5.41) is 10.5. The molecule has 0 fully saturated rings. The van der Waals surface area contributed by atoms with Gasteiger partial charge in [-0.1, -0.05) is 29.8 Å². The summed E-state index contributed by atoms with van der Waals surface area (Å²) in [7, 11) is 3.30. The molecule has 0 spiro atoms. The number of halogens is 1. The lowest BCUT2D eigenvalue weighted by molar-refractivity contribution is -0.106. The Kier molecular flexibility index (Phi) is 6.30. The van der Waals surface area contributed by atoms with Crippen molar-refractivity contribution in [3.8, 4) is 5.75 Å². The van der Waals surface area contributed by atoms with Crippen LogP contribution in [0.3, 0.4) is 0 Å². The predicted octanol–water partition coefficient (Wildman–Crippen LogP) is 3.57. The van der Waals surface area contributed by atoms with Gasteiger partial charge in [-0.25, -0.2) is 0 Å². The summed E-state index contributed by atoms with van der Waals surface area (Å²) in [6, 6.07) is 5.77. The monoisotopic (exact) mass is 330 g/mol. The van der Waals surface area contributed by atoms with Gasteiger partial charge in [-0.15, -0.1) is 0 Å². The number of rotatable bonds is 7. The van der Waals surface area contributed by atoms with Crippen LogP contribution in [0.4, 0.5) is 0 Å². The molecule has 0 aliphatic carbocycles. The molecule has 0 aromatic heterocycles. The van der Waals surface area contributed by atoms with Crippen LogP contribution >= 0.6 is 15.9 Å². The van der Waals surface area contributed by atoms with Crippen LogP contribution in [0, 0.1) is 0 Å². The molecule has 19 heavy (non-hydrogen) atoms. The van der Waals surface area contributed by atoms with Gasteiger partial charge in [0.1, 0.15) is 5.75 Å². The van der Waals surface area contributed by atoms with Crippen molar-refractivity contribution in [3.05, 3.63) is 28.2 Å². The molecule has 0 aliphatic heterocycles. The third-order valence-electron chi connectivity index (χ3n) is 3.88. The second kappa shape index (κ2) is 7.27. The van der Waals surface area contributed by atoms with Gasteiger partial charge in [0.2, 0.25) is 0 Å². The van der Waals surface area contributed by atoms with E-state index in [9.17, 15) is 5.11 Å². The second-order valence-electron chi connectivity index (χ2n) is 4.65. The topological polar surface area (TPSA) is 38.7 Å². The fourth-order valence-corrected chi connectivity index (χ4v) is 2.78. The van der Waals surface area contributed by atoms with E-state index < -0.39 is 11.7 Å². The highest BCUT2D eigenvalue weighted by molar-refractivity contribution is 9.10. The van der Waals surface area contributed by atoms with Crippen molar-refractivity contribution in [1.82, 2.24) is 0 Å². The summed E-state index contributed by atoms with van der Waals surface area (Å²) < 4.78 is 11.8. The van der Waals surface area contributed by atoms with Crippen molar-refractivity contribution in [3.63, 3.8) is 0 Å². The van der Waals surface area contributed by atoms with Crippen LogP contribution in [0.1, 0.15) is 32.3 Å². The zero-order chi connectivity index (χ0) is 14.5. The molecule has 0 heterocycles. The molecular formula is C15H23BrO3. The van der Waals surface area contributed by atoms with Crippen molar-refractivity contribution in [2.24, 2.45) is 0 Å². The minimum Gasteiger partial charge on any atom is -0.497 e. The third-order valence-corrected chi connectivity index (χ3v) is 4.65. The lowest BCUT2D eigenvalue weighted by Gasteiger charge is -2.35. The molecule has 1 unspecified atom stereocenters. The van der Waals surface area contributed by atoms with Gasteiger partial charge in [-0.2, -0.15) is 0 Å². The maximum Gasteiger partial charge on any atom is 0.119 e. The van der Waals surface area contributed by atoms with Crippen LogP contribution in [-0.4, -0.2) is 31.0 Å². The first-order valence-electron chi connectivity index (χ1n) is 6.58. The van der Waals surface area contributed by atoms with Crippen molar-refractivity contribution in [2.75, 3.05) is 14.2 Å². The molecule has 0 bridgehead atoms. The molecule has 1 atom stereocenters. The molecule has 0 amide bonds. The van der Waals surface area contributed by atoms with Crippen molar-refractivity contribution < 1.29 is 14.6 Å². The average molecular weight is 331 g/mol. The van der Waals surface area contributed by atoms with E-state index in [0.717, 1.165) is 28.6 Å². The first kappa shape index (κ1) is 16.5. The highest BCUT2D eigenvalue weighted by Crippen LogP contribution is 2.30. The lowest BCUT2D eigenvalue weighted by atomic mass is 9.86. The molecule has 1 aromatic carbocycles. The molecule has 0 aliphatic rings. The Morgan fingerprint density at radius 3 is 2.37 bits per heavy atom. The molecule has 3 nitrogen and oxygen atoms in total. The van der Waals surface area contributed by atoms with Crippen LogP contribution < -0.4 is 4.74 Å². The molecule has 1 aromatic rings. The Bertz CT molecular complexity index is 394. The molecule has 108 valence electrons. The Hall–Kier alpha value is -0.580. The maximum atomic E-state index is 10.5. The zero-order valence-electron chi connectivity index (χ0n) is 12.1. The first-order valence-corrected chi connectivity index (χ1v) is 7.37. The van der Waals surface area contributed by atoms with Gasteiger partial charge in [0.05, 0.1) is 18.8 Å². The summed E-state index contributed by atoms with van der Waals surface area (Å²) in [6.45, 7) is 4.08. The van der Waals surface area contributed by atoms with E-state index in [1.165, 1.54) is 0 Å². The van der Waals surface area contributed by atoms with Crippen LogP contribution in [0.25, 0.3) is 0 Å². The molecular weight excluding hydrogens is 308 g/mol. The highest BCUT2D eigenvalue weighted by Gasteiger charge is 2.34. The average Bonchev–Trinajstić information content (AvgIpc) is 2.44. The zero-order valence-corrected chi connectivity index (χ0v) is 13.7. The number of aliphatic hydroxyl groups is 1. The SMILES string of the molecule is CCC(CC)(OC)C(O)Cc1cc(OC)ccc1Br. The first-order chi connectivity index (χ1) is 9.02. The van der Waals surface area contributed by atoms with E-state index in [0.29, 0.717) is 6.42 Å². The minimum atomic E-state index is -0.545. The smallest absolute Gasteiger partial charge is 0.119 e. The lowest BCUT2D eigenvalue weighted by Crippen LogP contribution is -2.44. The van der Waals surface area contributed by atoms with E-state index in [-0.39, 0.29) is 0 Å². The highest BCUT2D eigenvalue weighted by atomic mass is 79.9. The third kappa shape index (κ3) is 3.71. The molecule has 0 saturated carbocycles. The molecule has 0 saturated heterocycles. The number of hydrogen-bond donors (Lipinski definition) is 1. The molecule has 1 rings (SSSR count). The Balaban J connectivity index is 2.95. The van der Waals surface area contributed by atoms with Crippen molar-refractivity contribution in [1.29, 1.82) is 0 Å². The number of aliphatic hydroxyl groups excluding tert-OH is 1. The standard InChI is InChI=1S/C15H23BrO3/c1-5-15(6-2,19-4)14(17)10-11-9-12(18-3)7-8-13(11)16/h7-9,14,17H,5-6,10H2,1-4H3. The summed E-state index contributed by atoms with van der Waals surface area (Å²) in [5.74, 6) is 0.793. The quantitative estimate of drug-likeness (QED) is 0.830. The van der Waals surface area contributed by atoms with Gasteiger partial charge < -0.3 is 14.6 Å². The normalized spacial score (nSPS) is 13.4. The van der Waals surface area contributed by atoms with E-state index in [2.05, 4.69) is 15.9 Å². The Morgan fingerprint density at radius 1 is 1.26 bits per heavy atom. The van der Waals surface area contributed by atoms with Crippen LogP contribution in [-0.2, 0) is 11.2 Å². The van der Waals surface area contributed by atoms with Crippen LogP contribution in [0.5, 0.6) is 5.75 Å². The van der Waals surface area contributed by atoms with Gasteiger partial charge in [-0.05, 0) is 36.6 Å². The van der Waals surface area contributed by atoms with E-state index >= 15 is 0 Å². The summed E-state index contributed by atoms with van der Waals surface area (Å²) >= 11 is 3.51. The second-order valence-corrected chi connectivity index (χ2v) is 5.51. The van der Waals surface area contributed by atoms with E-state index in [1.807, 2.05) is 32.0 Å². The summed E-state index contributed by atoms with van der Waals surface area (Å²) in [4.78, 5) is 0. The van der Waals surface area contributed by atoms with Crippen molar-refractivity contribution in [2.45, 2.75) is 44.8 Å². The van der Waals surface area contributed by atoms with Gasteiger partial charge in [0.15, 0.2) is 0 Å². The van der Waals surface area contributed by atoms with Gasteiger partial charge in [-0.3, -0.25) is 0 Å². The fraction of sp³-hybridized carbons (Fsp3) is 0.600. The van der Waals surface area contributed by atoms with Crippen molar-refractivity contribution >= 4 is 15.9 Å². The number of benzene rings is 1. The Morgan fingerprint density at radius 2 is 1.89 bits per heavy atom. The fourth-order valence-electron chi connectivity index (χ4n) is 2.37. The molecule has 1 N–H and O–H groups in total. The van der Waals surface area contributed by atoms with E-state index in [1.54, 1.807) is 14.2 Å². The Labute approximate surface area is 124 Å². The summed E-state index contributed by atoms with van der Waals surface area (Å²) in [6.07, 6.45) is 1.55. The van der Waals surface area contributed by atoms with E-state index in [4.69, 9.17) is 9.47 Å². The van der Waals surface area contributed by atoms with Crippen LogP contribution in [0.2, 0.25) is 0 Å². The summed E-state index contributed by atoms with van der Waals surface area (Å²) in [5.41, 5.74) is 0.540. The van der Waals surface area contributed by atoms with Gasteiger partial charge >= 0.3 is 0 Å². The maximum absolute atomic E-state index is 10.5. The largest absolute Gasteiger partial charge is 0.497 e. The number of hydrogen-bond acceptors (Lipinski definition) is 3. The molecule has 4 heteroatoms. The number of ether oxygens (including phenoxy) is 2. The van der Waals surface area contributed by atoms with Gasteiger partial charge in [0, 0.05) is 18.0 Å². The number of methoxy groups -OCH3 is 2. The predicted molar refractivity (Wildman–Crippen MR) is 80.7 cm³/mol. The van der Waals surface area contributed by atoms with Crippen LogP contribution in [0.15, 0.2) is 22.7 Å². The van der Waals surface area contributed by atoms with Gasteiger partial charge in [0.25, 0.3) is 0 Å².